The fourth-order valence-corrected chi connectivity index (χ4v) is 3.85. The smallest absolute Gasteiger partial charge is 0.232 e. The van der Waals surface area contributed by atoms with Crippen LogP contribution in [0.4, 0.5) is 0 Å². The molecule has 6 heteroatoms. The summed E-state index contributed by atoms with van der Waals surface area (Å²) in [5.41, 5.74) is 3.08. The SMILES string of the molecule is O=C1CC(c2nc(-c3ccc(OCc4ccccc4)cc3)no2)CN1Cc1ccccc1. The fraction of sp³-hybridized carbons (Fsp3) is 0.192. The number of ether oxygens (including phenoxy) is 1. The molecule has 3 aromatic carbocycles. The average molecular weight is 425 g/mol. The van der Waals surface area contributed by atoms with Crippen LogP contribution in [-0.2, 0) is 17.9 Å². The number of hydrogen-bond donors (Lipinski definition) is 0. The van der Waals surface area contributed by atoms with Gasteiger partial charge in [-0.2, -0.15) is 4.98 Å². The standard InChI is InChI=1S/C26H23N3O3/c30-24-15-22(17-29(24)16-19-7-3-1-4-8-19)26-27-25(28-32-26)21-11-13-23(14-12-21)31-18-20-9-5-2-6-10-20/h1-14,22H,15-18H2. The van der Waals surface area contributed by atoms with Crippen molar-refractivity contribution >= 4 is 5.91 Å². The maximum Gasteiger partial charge on any atom is 0.232 e. The maximum absolute atomic E-state index is 12.5. The zero-order chi connectivity index (χ0) is 21.8. The van der Waals surface area contributed by atoms with Crippen molar-refractivity contribution < 1.29 is 14.1 Å². The second-order valence-corrected chi connectivity index (χ2v) is 7.92. The highest BCUT2D eigenvalue weighted by Gasteiger charge is 2.34. The van der Waals surface area contributed by atoms with Crippen LogP contribution < -0.4 is 4.74 Å². The molecule has 6 nitrogen and oxygen atoms in total. The summed E-state index contributed by atoms with van der Waals surface area (Å²) in [6, 6.07) is 27.6. The molecule has 1 aromatic heterocycles. The quantitative estimate of drug-likeness (QED) is 0.424. The molecule has 160 valence electrons. The molecule has 0 bridgehead atoms. The Kier molecular flexibility index (Phi) is 5.66. The molecule has 1 saturated heterocycles. The van der Waals surface area contributed by atoms with E-state index in [1.54, 1.807) is 0 Å². The predicted octanol–water partition coefficient (Wildman–Crippen LogP) is 4.83. The number of likely N-dealkylation sites (tertiary alicyclic amines) is 1. The molecule has 1 amide bonds. The summed E-state index contributed by atoms with van der Waals surface area (Å²) in [7, 11) is 0. The van der Waals surface area contributed by atoms with Gasteiger partial charge in [-0.3, -0.25) is 4.79 Å². The average Bonchev–Trinajstić information content (AvgIpc) is 3.47. The largest absolute Gasteiger partial charge is 0.489 e. The van der Waals surface area contributed by atoms with Crippen LogP contribution in [0.3, 0.4) is 0 Å². The Morgan fingerprint density at radius 1 is 0.906 bits per heavy atom. The molecular weight excluding hydrogens is 402 g/mol. The van der Waals surface area contributed by atoms with Crippen molar-refractivity contribution in [3.8, 4) is 17.1 Å². The van der Waals surface area contributed by atoms with Gasteiger partial charge in [0.15, 0.2) is 0 Å². The zero-order valence-electron chi connectivity index (χ0n) is 17.6. The van der Waals surface area contributed by atoms with E-state index in [1.165, 1.54) is 0 Å². The number of rotatable bonds is 7. The van der Waals surface area contributed by atoms with E-state index < -0.39 is 0 Å². The number of aromatic nitrogens is 2. The molecule has 1 aliphatic heterocycles. The van der Waals surface area contributed by atoms with Gasteiger partial charge in [0.25, 0.3) is 0 Å². The molecule has 32 heavy (non-hydrogen) atoms. The van der Waals surface area contributed by atoms with Gasteiger partial charge >= 0.3 is 0 Å². The molecule has 0 aliphatic carbocycles. The first kappa shape index (κ1) is 20.0. The molecule has 1 unspecified atom stereocenters. The summed E-state index contributed by atoms with van der Waals surface area (Å²) < 4.78 is 11.3. The Morgan fingerprint density at radius 3 is 2.31 bits per heavy atom. The Labute approximate surface area is 186 Å². The molecule has 2 heterocycles. The van der Waals surface area contributed by atoms with Crippen molar-refractivity contribution in [1.29, 1.82) is 0 Å². The first-order chi connectivity index (χ1) is 15.7. The minimum atomic E-state index is -0.0825. The summed E-state index contributed by atoms with van der Waals surface area (Å²) in [6.45, 7) is 1.70. The lowest BCUT2D eigenvalue weighted by atomic mass is 10.1. The first-order valence-electron chi connectivity index (χ1n) is 10.7. The molecule has 1 aliphatic rings. The van der Waals surface area contributed by atoms with Crippen LogP contribution in [0.25, 0.3) is 11.4 Å². The second kappa shape index (κ2) is 9.06. The summed E-state index contributed by atoms with van der Waals surface area (Å²) in [5.74, 6) is 1.83. The molecule has 5 rings (SSSR count). The van der Waals surface area contributed by atoms with E-state index >= 15 is 0 Å². The molecule has 4 aromatic rings. The number of hydrogen-bond acceptors (Lipinski definition) is 5. The monoisotopic (exact) mass is 425 g/mol. The van der Waals surface area contributed by atoms with Gasteiger partial charge in [0.2, 0.25) is 17.6 Å². The lowest BCUT2D eigenvalue weighted by molar-refractivity contribution is -0.128. The summed E-state index contributed by atoms with van der Waals surface area (Å²) in [6.07, 6.45) is 0.390. The zero-order valence-corrected chi connectivity index (χ0v) is 17.6. The summed E-state index contributed by atoms with van der Waals surface area (Å²) in [4.78, 5) is 18.9. The van der Waals surface area contributed by atoms with Crippen LogP contribution in [0, 0.1) is 0 Å². The van der Waals surface area contributed by atoms with Gasteiger partial charge in [0.05, 0.1) is 5.92 Å². The maximum atomic E-state index is 12.5. The van der Waals surface area contributed by atoms with Gasteiger partial charge in [-0.05, 0) is 35.4 Å². The Balaban J connectivity index is 1.21. The van der Waals surface area contributed by atoms with Gasteiger partial charge in [0, 0.05) is 25.1 Å². The third kappa shape index (κ3) is 4.54. The molecule has 0 spiro atoms. The Morgan fingerprint density at radius 2 is 1.59 bits per heavy atom. The van der Waals surface area contributed by atoms with Crippen LogP contribution in [0.1, 0.15) is 29.4 Å². The minimum absolute atomic E-state index is 0.0825. The van der Waals surface area contributed by atoms with Crippen molar-refractivity contribution in [2.45, 2.75) is 25.5 Å². The van der Waals surface area contributed by atoms with Crippen molar-refractivity contribution in [3.05, 3.63) is 102 Å². The van der Waals surface area contributed by atoms with Gasteiger partial charge in [-0.1, -0.05) is 65.8 Å². The van der Waals surface area contributed by atoms with Crippen LogP contribution in [0.5, 0.6) is 5.75 Å². The van der Waals surface area contributed by atoms with Gasteiger partial charge in [-0.15, -0.1) is 0 Å². The van der Waals surface area contributed by atoms with Crippen molar-refractivity contribution in [3.63, 3.8) is 0 Å². The van der Waals surface area contributed by atoms with Crippen LogP contribution in [0.15, 0.2) is 89.5 Å². The highest BCUT2D eigenvalue weighted by molar-refractivity contribution is 5.79. The number of benzene rings is 3. The summed E-state index contributed by atoms with van der Waals surface area (Å²) in [5, 5.41) is 4.13. The molecule has 0 N–H and O–H groups in total. The highest BCUT2D eigenvalue weighted by Crippen LogP contribution is 2.30. The lowest BCUT2D eigenvalue weighted by Gasteiger charge is -2.15. The predicted molar refractivity (Wildman–Crippen MR) is 120 cm³/mol. The first-order valence-corrected chi connectivity index (χ1v) is 10.7. The van der Waals surface area contributed by atoms with Crippen LogP contribution >= 0.6 is 0 Å². The molecule has 0 saturated carbocycles. The Bertz CT molecular complexity index is 1170. The van der Waals surface area contributed by atoms with Crippen molar-refractivity contribution in [1.82, 2.24) is 15.0 Å². The number of amides is 1. The second-order valence-electron chi connectivity index (χ2n) is 7.92. The summed E-state index contributed by atoms with van der Waals surface area (Å²) >= 11 is 0. The van der Waals surface area contributed by atoms with E-state index in [4.69, 9.17) is 9.26 Å². The van der Waals surface area contributed by atoms with E-state index in [-0.39, 0.29) is 11.8 Å². The normalized spacial score (nSPS) is 15.8. The van der Waals surface area contributed by atoms with Gasteiger partial charge in [0.1, 0.15) is 12.4 Å². The molecule has 0 radical (unpaired) electrons. The molecule has 1 fully saturated rings. The third-order valence-electron chi connectivity index (χ3n) is 5.58. The molecular formula is C26H23N3O3. The van der Waals surface area contributed by atoms with Gasteiger partial charge < -0.3 is 14.2 Å². The van der Waals surface area contributed by atoms with E-state index in [0.29, 0.717) is 37.8 Å². The minimum Gasteiger partial charge on any atom is -0.489 e. The fourth-order valence-electron chi connectivity index (χ4n) is 3.85. The van der Waals surface area contributed by atoms with E-state index in [0.717, 1.165) is 22.4 Å². The van der Waals surface area contributed by atoms with Gasteiger partial charge in [-0.25, -0.2) is 0 Å². The highest BCUT2D eigenvalue weighted by atomic mass is 16.5. The van der Waals surface area contributed by atoms with Crippen molar-refractivity contribution in [2.75, 3.05) is 6.54 Å². The van der Waals surface area contributed by atoms with Crippen LogP contribution in [-0.4, -0.2) is 27.5 Å². The Hall–Kier alpha value is -3.93. The lowest BCUT2D eigenvalue weighted by Crippen LogP contribution is -2.24. The van der Waals surface area contributed by atoms with E-state index in [1.807, 2.05) is 89.8 Å². The van der Waals surface area contributed by atoms with E-state index in [9.17, 15) is 4.79 Å². The molecule has 1 atom stereocenters. The topological polar surface area (TPSA) is 68.5 Å². The number of carbonyl (C=O) groups excluding carboxylic acids is 1. The number of nitrogens with zero attached hydrogens (tertiary/aromatic N) is 3. The van der Waals surface area contributed by atoms with Crippen LogP contribution in [0.2, 0.25) is 0 Å². The van der Waals surface area contributed by atoms with Crippen molar-refractivity contribution in [2.24, 2.45) is 0 Å². The number of carbonyl (C=O) groups is 1. The third-order valence-corrected chi connectivity index (χ3v) is 5.58. The van der Waals surface area contributed by atoms with E-state index in [2.05, 4.69) is 10.1 Å².